The summed E-state index contributed by atoms with van der Waals surface area (Å²) in [5, 5.41) is 11.7. The Morgan fingerprint density at radius 1 is 1.14 bits per heavy atom. The van der Waals surface area contributed by atoms with Crippen molar-refractivity contribution in [2.75, 3.05) is 13.1 Å². The van der Waals surface area contributed by atoms with E-state index < -0.39 is 0 Å². The Kier molecular flexibility index (Phi) is 7.43. The molecule has 2 atom stereocenters. The molecule has 10 nitrogen and oxygen atoms in total. The molecule has 0 saturated carbocycles. The molecule has 2 N–H and O–H groups in total. The Hall–Kier alpha value is -2.82. The number of aromatic nitrogens is 1. The minimum atomic E-state index is -0.250. The molecule has 1 fully saturated rings. The van der Waals surface area contributed by atoms with E-state index in [1.165, 1.54) is 11.3 Å². The Morgan fingerprint density at radius 2 is 1.69 bits per heavy atom. The van der Waals surface area contributed by atoms with Gasteiger partial charge in [0.15, 0.2) is 0 Å². The van der Waals surface area contributed by atoms with Crippen molar-refractivity contribution in [1.82, 2.24) is 20.2 Å². The number of thiazole rings is 1. The summed E-state index contributed by atoms with van der Waals surface area (Å²) in [6.45, 7) is 8.29. The predicted molar refractivity (Wildman–Crippen MR) is 107 cm³/mol. The van der Waals surface area contributed by atoms with Gasteiger partial charge in [-0.3, -0.25) is 19.2 Å². The van der Waals surface area contributed by atoms with Gasteiger partial charge in [0.25, 0.3) is 18.3 Å². The molecule has 11 heteroatoms. The van der Waals surface area contributed by atoms with Crippen LogP contribution in [0.1, 0.15) is 47.1 Å². The van der Waals surface area contributed by atoms with Crippen LogP contribution in [-0.4, -0.2) is 75.0 Å². The van der Waals surface area contributed by atoms with E-state index in [4.69, 9.17) is 9.90 Å². The van der Waals surface area contributed by atoms with E-state index in [2.05, 4.69) is 15.5 Å². The lowest BCUT2D eigenvalue weighted by Crippen LogP contribution is -2.61. The summed E-state index contributed by atoms with van der Waals surface area (Å²) < 4.78 is 0. The average Bonchev–Trinajstić information content (AvgIpc) is 3.02. The maximum Gasteiger partial charge on any atom is 0.290 e. The van der Waals surface area contributed by atoms with Gasteiger partial charge in [-0.05, 0) is 27.7 Å². The number of nitrogens with zero attached hydrogens (tertiary/aromatic N) is 4. The normalized spacial score (nSPS) is 21.5. The molecular formula is C18H25N5O5S. The Labute approximate surface area is 172 Å². The molecule has 3 amide bonds. The monoisotopic (exact) mass is 423 g/mol. The van der Waals surface area contributed by atoms with Gasteiger partial charge in [-0.2, -0.15) is 5.10 Å². The molecule has 29 heavy (non-hydrogen) atoms. The number of hydrogen-bond acceptors (Lipinski definition) is 7. The van der Waals surface area contributed by atoms with E-state index >= 15 is 0 Å². The van der Waals surface area contributed by atoms with Crippen LogP contribution in [0, 0.1) is 13.8 Å². The number of rotatable bonds is 2. The smallest absolute Gasteiger partial charge is 0.290 e. The zero-order chi connectivity index (χ0) is 21.7. The Morgan fingerprint density at radius 3 is 2.14 bits per heavy atom. The van der Waals surface area contributed by atoms with Crippen LogP contribution >= 0.6 is 11.3 Å². The highest BCUT2D eigenvalue weighted by Gasteiger charge is 2.38. The second-order valence-electron chi connectivity index (χ2n) is 6.82. The van der Waals surface area contributed by atoms with Crippen molar-refractivity contribution in [3.05, 3.63) is 15.6 Å². The Balaban J connectivity index is 0.000000941. The highest BCUT2D eigenvalue weighted by atomic mass is 32.1. The van der Waals surface area contributed by atoms with Gasteiger partial charge in [0.1, 0.15) is 10.6 Å². The topological polar surface area (TPSA) is 132 Å². The molecular weight excluding hydrogens is 398 g/mol. The largest absolute Gasteiger partial charge is 0.483 e. The molecule has 2 aliphatic heterocycles. The molecule has 0 spiro atoms. The molecule has 158 valence electrons. The van der Waals surface area contributed by atoms with Crippen molar-refractivity contribution in [3.63, 3.8) is 0 Å². The summed E-state index contributed by atoms with van der Waals surface area (Å²) in [5.41, 5.74) is 3.49. The fourth-order valence-electron chi connectivity index (χ4n) is 3.37. The molecule has 3 heterocycles. The number of hydrazone groups is 1. The van der Waals surface area contributed by atoms with E-state index in [0.29, 0.717) is 30.1 Å². The van der Waals surface area contributed by atoms with Crippen molar-refractivity contribution in [2.45, 2.75) is 52.6 Å². The van der Waals surface area contributed by atoms with Crippen LogP contribution in [0.2, 0.25) is 0 Å². The highest BCUT2D eigenvalue weighted by molar-refractivity contribution is 7.13. The molecule has 0 aromatic carbocycles. The number of carboxylic acid groups (broad SMARTS) is 1. The lowest BCUT2D eigenvalue weighted by atomic mass is 10.0. The summed E-state index contributed by atoms with van der Waals surface area (Å²) in [6, 6.07) is -0.268. The maximum absolute atomic E-state index is 12.9. The molecule has 0 aliphatic carbocycles. The summed E-state index contributed by atoms with van der Waals surface area (Å²) in [4.78, 5) is 53.8. The number of amides is 3. The lowest BCUT2D eigenvalue weighted by Gasteiger charge is -2.45. The molecule has 2 aliphatic rings. The van der Waals surface area contributed by atoms with Crippen LogP contribution in [0.5, 0.6) is 0 Å². The standard InChI is InChI=1S/C17H23N5O3S.CH2O2/c1-9-15(26-12(4)18-9)17(25)22-8-7-21(10(2)11(22)3)16(24)13-5-6-14(23)20-19-13;2-1-3/h10-11H,5-8H2,1-4H3,(H,20,23);1H,(H,2,3)/t10-,11+;/m0./s1. The molecule has 1 aromatic heterocycles. The van der Waals surface area contributed by atoms with E-state index in [1.807, 2.05) is 32.6 Å². The number of nitrogens with one attached hydrogen (secondary N) is 1. The van der Waals surface area contributed by atoms with Crippen molar-refractivity contribution < 1.29 is 24.3 Å². The van der Waals surface area contributed by atoms with Crippen LogP contribution in [0.3, 0.4) is 0 Å². The van der Waals surface area contributed by atoms with E-state index in [-0.39, 0.29) is 42.7 Å². The first-order chi connectivity index (χ1) is 13.7. The zero-order valence-corrected chi connectivity index (χ0v) is 17.7. The van der Waals surface area contributed by atoms with Gasteiger partial charge in [-0.15, -0.1) is 11.3 Å². The SMILES string of the molecule is Cc1nc(C)c(C(=O)N2CCN(C(=O)C3=NNC(=O)CC3)[C@@H](C)[C@H]2C)s1.O=CO. The fraction of sp³-hybridized carbons (Fsp3) is 0.556. The minimum absolute atomic E-state index is 0.0261. The lowest BCUT2D eigenvalue weighted by molar-refractivity contribution is -0.129. The first-order valence-electron chi connectivity index (χ1n) is 9.20. The molecule has 0 unspecified atom stereocenters. The second kappa shape index (κ2) is 9.59. The molecule has 1 saturated heterocycles. The van der Waals surface area contributed by atoms with Crippen molar-refractivity contribution in [1.29, 1.82) is 0 Å². The third kappa shape index (κ3) is 4.97. The van der Waals surface area contributed by atoms with E-state index in [0.717, 1.165) is 10.7 Å². The van der Waals surface area contributed by atoms with Crippen LogP contribution in [-0.2, 0) is 14.4 Å². The fourth-order valence-corrected chi connectivity index (χ4v) is 4.25. The summed E-state index contributed by atoms with van der Waals surface area (Å²) in [5.74, 6) is -0.364. The van der Waals surface area contributed by atoms with Gasteiger partial charge in [-0.1, -0.05) is 0 Å². The third-order valence-electron chi connectivity index (χ3n) is 5.03. The van der Waals surface area contributed by atoms with E-state index in [9.17, 15) is 14.4 Å². The zero-order valence-electron chi connectivity index (χ0n) is 16.8. The van der Waals surface area contributed by atoms with Crippen molar-refractivity contribution >= 4 is 41.2 Å². The number of hydrogen-bond donors (Lipinski definition) is 2. The van der Waals surface area contributed by atoms with Crippen LogP contribution < -0.4 is 5.43 Å². The Bertz CT molecular complexity index is 837. The molecule has 0 radical (unpaired) electrons. The number of aryl methyl sites for hydroxylation is 2. The van der Waals surface area contributed by atoms with Gasteiger partial charge < -0.3 is 14.9 Å². The predicted octanol–water partition coefficient (Wildman–Crippen LogP) is 0.788. The van der Waals surface area contributed by atoms with Crippen molar-refractivity contribution in [2.24, 2.45) is 5.10 Å². The first kappa shape index (κ1) is 22.5. The number of piperazine rings is 1. The maximum atomic E-state index is 12.9. The molecule has 3 rings (SSSR count). The average molecular weight is 423 g/mol. The van der Waals surface area contributed by atoms with Gasteiger partial charge in [0.2, 0.25) is 5.91 Å². The van der Waals surface area contributed by atoms with Gasteiger partial charge in [0.05, 0.1) is 10.7 Å². The summed E-state index contributed by atoms with van der Waals surface area (Å²) in [7, 11) is 0. The third-order valence-corrected chi connectivity index (χ3v) is 6.09. The van der Waals surface area contributed by atoms with Crippen LogP contribution in [0.15, 0.2) is 5.10 Å². The van der Waals surface area contributed by atoms with Gasteiger partial charge >= 0.3 is 0 Å². The summed E-state index contributed by atoms with van der Waals surface area (Å²) in [6.07, 6.45) is 0.626. The van der Waals surface area contributed by atoms with E-state index in [1.54, 1.807) is 4.90 Å². The van der Waals surface area contributed by atoms with Gasteiger partial charge in [-0.25, -0.2) is 10.4 Å². The van der Waals surface area contributed by atoms with Crippen LogP contribution in [0.25, 0.3) is 0 Å². The second-order valence-corrected chi connectivity index (χ2v) is 8.03. The first-order valence-corrected chi connectivity index (χ1v) is 10.0. The van der Waals surface area contributed by atoms with Gasteiger partial charge in [0, 0.05) is 38.0 Å². The quantitative estimate of drug-likeness (QED) is 0.676. The number of carbonyl (C=O) groups excluding carboxylic acids is 3. The molecule has 1 aromatic rings. The van der Waals surface area contributed by atoms with Crippen molar-refractivity contribution in [3.8, 4) is 0 Å². The number of carbonyl (C=O) groups is 4. The van der Waals surface area contributed by atoms with Crippen LogP contribution in [0.4, 0.5) is 0 Å². The highest BCUT2D eigenvalue weighted by Crippen LogP contribution is 2.25. The summed E-state index contributed by atoms with van der Waals surface area (Å²) >= 11 is 1.41. The molecule has 0 bridgehead atoms. The minimum Gasteiger partial charge on any atom is -0.483 e.